The minimum absolute atomic E-state index is 0.0768. The summed E-state index contributed by atoms with van der Waals surface area (Å²) >= 11 is 7.33. The first-order valence-electron chi connectivity index (χ1n) is 7.03. The molecule has 0 aliphatic heterocycles. The highest BCUT2D eigenvalue weighted by molar-refractivity contribution is 7.10. The highest BCUT2D eigenvalue weighted by atomic mass is 35.5. The first-order valence-corrected chi connectivity index (χ1v) is 8.29. The number of hydrogen-bond donors (Lipinski definition) is 2. The number of halogens is 1. The third kappa shape index (κ3) is 5.26. The van der Waals surface area contributed by atoms with Crippen molar-refractivity contribution in [3.05, 3.63) is 57.2 Å². The van der Waals surface area contributed by atoms with E-state index < -0.39 is 12.1 Å². The smallest absolute Gasteiger partial charge is 0.312 e. The average Bonchev–Trinajstić information content (AvgIpc) is 3.02. The summed E-state index contributed by atoms with van der Waals surface area (Å²) in [5.41, 5.74) is 6.19. The Morgan fingerprint density at radius 2 is 2.00 bits per heavy atom. The summed E-state index contributed by atoms with van der Waals surface area (Å²) in [6, 6.07) is 10.0. The van der Waals surface area contributed by atoms with Crippen molar-refractivity contribution in [3.63, 3.8) is 0 Å². The second kappa shape index (κ2) is 7.99. The average molecular weight is 352 g/mol. The number of hydrogen-bond acceptors (Lipinski definition) is 3. The summed E-state index contributed by atoms with van der Waals surface area (Å²) < 4.78 is 0. The van der Waals surface area contributed by atoms with Crippen molar-refractivity contribution in [2.75, 3.05) is 7.05 Å². The first-order chi connectivity index (χ1) is 11.0. The fourth-order valence-electron chi connectivity index (χ4n) is 2.17. The molecule has 0 fully saturated rings. The molecule has 2 rings (SSSR count). The molecular weight excluding hydrogens is 334 g/mol. The Bertz CT molecular complexity index is 658. The predicted octanol–water partition coefficient (Wildman–Crippen LogP) is 3.16. The molecule has 3 amide bonds. The van der Waals surface area contributed by atoms with E-state index in [1.165, 1.54) is 11.3 Å². The van der Waals surface area contributed by atoms with Crippen molar-refractivity contribution in [2.24, 2.45) is 5.73 Å². The Morgan fingerprint density at radius 3 is 2.57 bits per heavy atom. The second-order valence-electron chi connectivity index (χ2n) is 5.16. The van der Waals surface area contributed by atoms with Gasteiger partial charge in [0.25, 0.3) is 0 Å². The molecule has 0 aliphatic carbocycles. The number of primary amides is 1. The van der Waals surface area contributed by atoms with Gasteiger partial charge in [0.2, 0.25) is 5.91 Å². The molecule has 1 atom stereocenters. The normalized spacial score (nSPS) is 11.7. The zero-order valence-corrected chi connectivity index (χ0v) is 14.2. The van der Waals surface area contributed by atoms with Gasteiger partial charge in [-0.25, -0.2) is 4.79 Å². The van der Waals surface area contributed by atoms with E-state index in [1.54, 1.807) is 24.1 Å². The molecule has 0 radical (unpaired) electrons. The molecule has 23 heavy (non-hydrogen) atoms. The molecule has 0 spiro atoms. The summed E-state index contributed by atoms with van der Waals surface area (Å²) in [6.45, 7) is 0.476. The lowest BCUT2D eigenvalue weighted by atomic mass is 10.1. The number of carbonyl (C=O) groups excluding carboxylic acids is 2. The maximum atomic E-state index is 12.4. The van der Waals surface area contributed by atoms with Crippen molar-refractivity contribution >= 4 is 34.9 Å². The Hall–Kier alpha value is -2.05. The molecule has 0 aliphatic rings. The molecular formula is C16H18ClN3O2S. The van der Waals surface area contributed by atoms with Gasteiger partial charge in [0.1, 0.15) is 0 Å². The van der Waals surface area contributed by atoms with Crippen LogP contribution in [0.15, 0.2) is 41.8 Å². The highest BCUT2D eigenvalue weighted by Crippen LogP contribution is 2.23. The Balaban J connectivity index is 1.99. The zero-order chi connectivity index (χ0) is 16.8. The third-order valence-electron chi connectivity index (χ3n) is 3.34. The lowest BCUT2D eigenvalue weighted by molar-refractivity contribution is -0.130. The van der Waals surface area contributed by atoms with Gasteiger partial charge >= 0.3 is 6.03 Å². The third-order valence-corrected chi connectivity index (χ3v) is 4.58. The number of benzene rings is 1. The van der Waals surface area contributed by atoms with Gasteiger partial charge in [-0.15, -0.1) is 11.3 Å². The summed E-state index contributed by atoms with van der Waals surface area (Å²) in [5.74, 6) is -0.0768. The number of rotatable bonds is 6. The molecule has 7 heteroatoms. The second-order valence-corrected chi connectivity index (χ2v) is 6.57. The maximum Gasteiger partial charge on any atom is 0.312 e. The number of amides is 3. The lowest BCUT2D eigenvalue weighted by Crippen LogP contribution is -2.36. The highest BCUT2D eigenvalue weighted by Gasteiger charge is 2.20. The van der Waals surface area contributed by atoms with Crippen molar-refractivity contribution in [1.29, 1.82) is 0 Å². The van der Waals surface area contributed by atoms with Gasteiger partial charge < -0.3 is 16.0 Å². The van der Waals surface area contributed by atoms with Gasteiger partial charge in [0.15, 0.2) is 0 Å². The van der Waals surface area contributed by atoms with Crippen LogP contribution < -0.4 is 11.1 Å². The molecule has 1 heterocycles. The van der Waals surface area contributed by atoms with Gasteiger partial charge in [-0.3, -0.25) is 4.79 Å². The number of carbonyl (C=O) groups is 2. The molecule has 3 N–H and O–H groups in total. The summed E-state index contributed by atoms with van der Waals surface area (Å²) in [5, 5.41) is 5.18. The van der Waals surface area contributed by atoms with Crippen molar-refractivity contribution < 1.29 is 9.59 Å². The topological polar surface area (TPSA) is 75.4 Å². The largest absolute Gasteiger partial charge is 0.352 e. The molecule has 0 saturated heterocycles. The molecule has 0 saturated carbocycles. The Labute approximate surface area is 144 Å². The molecule has 0 bridgehead atoms. The van der Waals surface area contributed by atoms with E-state index in [-0.39, 0.29) is 12.3 Å². The van der Waals surface area contributed by atoms with Gasteiger partial charge in [-0.2, -0.15) is 0 Å². The number of nitrogens with zero attached hydrogens (tertiary/aromatic N) is 1. The number of urea groups is 1. The Kier molecular flexibility index (Phi) is 6.01. The molecule has 1 aromatic heterocycles. The standard InChI is InChI=1S/C16H18ClN3O2S/c1-20(10-11-4-6-12(17)7-5-11)15(21)9-13(19-16(18)22)14-3-2-8-23-14/h2-8,13H,9-10H2,1H3,(H3,18,19,22). The van der Waals surface area contributed by atoms with Gasteiger partial charge in [-0.1, -0.05) is 29.8 Å². The zero-order valence-electron chi connectivity index (χ0n) is 12.7. The van der Waals surface area contributed by atoms with Crippen LogP contribution in [0.2, 0.25) is 5.02 Å². The maximum absolute atomic E-state index is 12.4. The summed E-state index contributed by atoms with van der Waals surface area (Å²) in [4.78, 5) is 26.1. The fraction of sp³-hybridized carbons (Fsp3) is 0.250. The van der Waals surface area contributed by atoms with Crippen LogP contribution in [0.3, 0.4) is 0 Å². The molecule has 1 aromatic carbocycles. The van der Waals surface area contributed by atoms with Crippen LogP contribution in [0, 0.1) is 0 Å². The van der Waals surface area contributed by atoms with Gasteiger partial charge in [0, 0.05) is 23.5 Å². The van der Waals surface area contributed by atoms with E-state index in [1.807, 2.05) is 29.6 Å². The van der Waals surface area contributed by atoms with E-state index in [0.717, 1.165) is 10.4 Å². The van der Waals surface area contributed by atoms with E-state index in [2.05, 4.69) is 5.32 Å². The van der Waals surface area contributed by atoms with E-state index >= 15 is 0 Å². The minimum Gasteiger partial charge on any atom is -0.352 e. The van der Waals surface area contributed by atoms with Crippen LogP contribution in [-0.4, -0.2) is 23.9 Å². The van der Waals surface area contributed by atoms with Crippen LogP contribution >= 0.6 is 22.9 Å². The quantitative estimate of drug-likeness (QED) is 0.838. The van der Waals surface area contributed by atoms with Crippen molar-refractivity contribution in [2.45, 2.75) is 19.0 Å². The SMILES string of the molecule is CN(Cc1ccc(Cl)cc1)C(=O)CC(NC(N)=O)c1cccs1. The van der Waals surface area contributed by atoms with Gasteiger partial charge in [0.05, 0.1) is 12.5 Å². The lowest BCUT2D eigenvalue weighted by Gasteiger charge is -2.21. The number of nitrogens with two attached hydrogens (primary N) is 1. The Morgan fingerprint density at radius 1 is 1.30 bits per heavy atom. The molecule has 2 aromatic rings. The monoisotopic (exact) mass is 351 g/mol. The summed E-state index contributed by atoms with van der Waals surface area (Å²) in [7, 11) is 1.73. The van der Waals surface area contributed by atoms with Crippen LogP contribution in [-0.2, 0) is 11.3 Å². The fourth-order valence-corrected chi connectivity index (χ4v) is 3.07. The van der Waals surface area contributed by atoms with Crippen LogP contribution in [0.5, 0.6) is 0 Å². The molecule has 1 unspecified atom stereocenters. The van der Waals surface area contributed by atoms with Crippen molar-refractivity contribution in [3.8, 4) is 0 Å². The summed E-state index contributed by atoms with van der Waals surface area (Å²) in [6.07, 6.45) is 0.160. The van der Waals surface area contributed by atoms with E-state index in [0.29, 0.717) is 11.6 Å². The minimum atomic E-state index is -0.642. The van der Waals surface area contributed by atoms with E-state index in [4.69, 9.17) is 17.3 Å². The van der Waals surface area contributed by atoms with Crippen LogP contribution in [0.1, 0.15) is 22.9 Å². The predicted molar refractivity (Wildman–Crippen MR) is 92.3 cm³/mol. The number of nitrogens with one attached hydrogen (secondary N) is 1. The molecule has 122 valence electrons. The molecule has 5 nitrogen and oxygen atoms in total. The van der Waals surface area contributed by atoms with Crippen LogP contribution in [0.4, 0.5) is 4.79 Å². The van der Waals surface area contributed by atoms with E-state index in [9.17, 15) is 9.59 Å². The van der Waals surface area contributed by atoms with Crippen LogP contribution in [0.25, 0.3) is 0 Å². The van der Waals surface area contributed by atoms with Gasteiger partial charge in [-0.05, 0) is 29.1 Å². The first kappa shape index (κ1) is 17.3. The number of thiophene rings is 1. The van der Waals surface area contributed by atoms with Crippen molar-refractivity contribution in [1.82, 2.24) is 10.2 Å².